The van der Waals surface area contributed by atoms with Gasteiger partial charge in [0, 0.05) is 24.0 Å². The molecule has 1 aromatic rings. The lowest BCUT2D eigenvalue weighted by Gasteiger charge is -2.07. The van der Waals surface area contributed by atoms with E-state index < -0.39 is 0 Å². The Morgan fingerprint density at radius 1 is 1.14 bits per heavy atom. The van der Waals surface area contributed by atoms with E-state index in [0.29, 0.717) is 6.42 Å². The van der Waals surface area contributed by atoms with Gasteiger partial charge < -0.3 is 5.32 Å². The molecule has 1 aliphatic rings. The lowest BCUT2D eigenvalue weighted by molar-refractivity contribution is -0.121. The molecular formula is C18H27NOS2. The number of benzene rings is 1. The van der Waals surface area contributed by atoms with Gasteiger partial charge in [0.05, 0.1) is 0 Å². The molecule has 1 aromatic carbocycles. The van der Waals surface area contributed by atoms with Gasteiger partial charge >= 0.3 is 0 Å². The predicted octanol–water partition coefficient (Wildman–Crippen LogP) is 4.84. The van der Waals surface area contributed by atoms with E-state index in [1.165, 1.54) is 30.6 Å². The number of unbranched alkanes of at least 4 members (excludes halogenated alkanes) is 2. The van der Waals surface area contributed by atoms with Crippen LogP contribution >= 0.6 is 21.6 Å². The van der Waals surface area contributed by atoms with Crippen LogP contribution in [-0.2, 0) is 11.2 Å². The SMILES string of the molecule is O=C(CCCC[C@@H]1CCSS1)NCCCCc1ccccc1. The molecule has 0 aliphatic carbocycles. The number of nitrogens with one attached hydrogen (secondary N) is 1. The van der Waals surface area contributed by atoms with E-state index in [2.05, 4.69) is 29.6 Å². The molecule has 1 atom stereocenters. The summed E-state index contributed by atoms with van der Waals surface area (Å²) in [4.78, 5) is 11.8. The topological polar surface area (TPSA) is 29.1 Å². The summed E-state index contributed by atoms with van der Waals surface area (Å²) in [5.74, 6) is 1.53. The van der Waals surface area contributed by atoms with Gasteiger partial charge in [0.2, 0.25) is 5.91 Å². The lowest BCUT2D eigenvalue weighted by atomic mass is 10.1. The van der Waals surface area contributed by atoms with E-state index in [0.717, 1.165) is 37.5 Å². The summed E-state index contributed by atoms with van der Waals surface area (Å²) in [6, 6.07) is 10.5. The van der Waals surface area contributed by atoms with Crippen molar-refractivity contribution in [1.29, 1.82) is 0 Å². The molecule has 0 unspecified atom stereocenters. The normalized spacial score (nSPS) is 17.5. The molecule has 0 saturated carbocycles. The minimum Gasteiger partial charge on any atom is -0.356 e. The van der Waals surface area contributed by atoms with Gasteiger partial charge in [0.1, 0.15) is 0 Å². The van der Waals surface area contributed by atoms with Crippen LogP contribution in [0.3, 0.4) is 0 Å². The molecule has 122 valence electrons. The fraction of sp³-hybridized carbons (Fsp3) is 0.611. The third-order valence-electron chi connectivity index (χ3n) is 3.96. The van der Waals surface area contributed by atoms with Gasteiger partial charge in [-0.3, -0.25) is 4.79 Å². The predicted molar refractivity (Wildman–Crippen MR) is 99.3 cm³/mol. The fourth-order valence-corrected chi connectivity index (χ4v) is 5.66. The third kappa shape index (κ3) is 7.59. The van der Waals surface area contributed by atoms with Gasteiger partial charge in [-0.2, -0.15) is 0 Å². The molecule has 0 bridgehead atoms. The molecule has 1 fully saturated rings. The number of carbonyl (C=O) groups is 1. The highest BCUT2D eigenvalue weighted by molar-refractivity contribution is 8.77. The van der Waals surface area contributed by atoms with Crippen molar-refractivity contribution >= 4 is 27.5 Å². The zero-order valence-corrected chi connectivity index (χ0v) is 14.9. The second-order valence-corrected chi connectivity index (χ2v) is 8.65. The maximum absolute atomic E-state index is 11.8. The molecule has 2 rings (SSSR count). The summed E-state index contributed by atoms with van der Waals surface area (Å²) in [5, 5.41) is 3.89. The van der Waals surface area contributed by atoms with Crippen LogP contribution in [0, 0.1) is 0 Å². The minimum absolute atomic E-state index is 0.230. The van der Waals surface area contributed by atoms with Crippen LogP contribution in [0.5, 0.6) is 0 Å². The van der Waals surface area contributed by atoms with Crippen molar-refractivity contribution in [2.24, 2.45) is 0 Å². The van der Waals surface area contributed by atoms with Crippen molar-refractivity contribution in [1.82, 2.24) is 5.32 Å². The smallest absolute Gasteiger partial charge is 0.219 e. The zero-order chi connectivity index (χ0) is 15.5. The first-order valence-corrected chi connectivity index (χ1v) is 10.8. The highest BCUT2D eigenvalue weighted by atomic mass is 33.1. The number of carbonyl (C=O) groups excluding carboxylic acids is 1. The number of hydrogen-bond donors (Lipinski definition) is 1. The molecule has 22 heavy (non-hydrogen) atoms. The van der Waals surface area contributed by atoms with Crippen LogP contribution < -0.4 is 5.32 Å². The molecule has 2 nitrogen and oxygen atoms in total. The first-order valence-electron chi connectivity index (χ1n) is 8.43. The van der Waals surface area contributed by atoms with Gasteiger partial charge in [-0.15, -0.1) is 0 Å². The quantitative estimate of drug-likeness (QED) is 0.489. The monoisotopic (exact) mass is 337 g/mol. The fourth-order valence-electron chi connectivity index (χ4n) is 2.64. The third-order valence-corrected chi connectivity index (χ3v) is 6.97. The first kappa shape index (κ1) is 17.7. The average molecular weight is 338 g/mol. The van der Waals surface area contributed by atoms with Gasteiger partial charge in [-0.25, -0.2) is 0 Å². The van der Waals surface area contributed by atoms with Gasteiger partial charge in [-0.1, -0.05) is 58.3 Å². The van der Waals surface area contributed by atoms with Crippen LogP contribution in [-0.4, -0.2) is 23.5 Å². The Labute approximate surface area is 142 Å². The molecule has 4 heteroatoms. The maximum atomic E-state index is 11.8. The standard InChI is InChI=1S/C18H27NOS2/c20-18(12-5-4-11-17-13-15-21-22-17)19-14-7-6-10-16-8-2-1-3-9-16/h1-3,8-9,17H,4-7,10-15H2,(H,19,20)/t17-/m1/s1. The molecule has 1 N–H and O–H groups in total. The van der Waals surface area contributed by atoms with Crippen LogP contribution in [0.15, 0.2) is 30.3 Å². The van der Waals surface area contributed by atoms with Gasteiger partial charge in [0.15, 0.2) is 0 Å². The number of hydrogen-bond acceptors (Lipinski definition) is 3. The minimum atomic E-state index is 0.230. The van der Waals surface area contributed by atoms with Crippen LogP contribution in [0.2, 0.25) is 0 Å². The van der Waals surface area contributed by atoms with Crippen LogP contribution in [0.4, 0.5) is 0 Å². The number of amides is 1. The highest BCUT2D eigenvalue weighted by Gasteiger charge is 2.15. The largest absolute Gasteiger partial charge is 0.356 e. The van der Waals surface area contributed by atoms with Crippen LogP contribution in [0.1, 0.15) is 50.5 Å². The Morgan fingerprint density at radius 3 is 2.77 bits per heavy atom. The summed E-state index contributed by atoms with van der Waals surface area (Å²) >= 11 is 0. The summed E-state index contributed by atoms with van der Waals surface area (Å²) < 4.78 is 0. The molecule has 0 radical (unpaired) electrons. The van der Waals surface area contributed by atoms with E-state index in [1.807, 2.05) is 27.7 Å². The van der Waals surface area contributed by atoms with Crippen molar-refractivity contribution in [3.8, 4) is 0 Å². The highest BCUT2D eigenvalue weighted by Crippen LogP contribution is 2.39. The molecule has 0 aromatic heterocycles. The van der Waals surface area contributed by atoms with Crippen molar-refractivity contribution in [2.45, 2.75) is 56.6 Å². The van der Waals surface area contributed by atoms with Gasteiger partial charge in [0.25, 0.3) is 0 Å². The summed E-state index contributed by atoms with van der Waals surface area (Å²) in [6.45, 7) is 0.820. The Morgan fingerprint density at radius 2 is 2.00 bits per heavy atom. The number of aryl methyl sites for hydroxylation is 1. The lowest BCUT2D eigenvalue weighted by Crippen LogP contribution is -2.24. The Bertz CT molecular complexity index is 418. The first-order chi connectivity index (χ1) is 10.8. The second kappa shape index (κ2) is 11.0. The van der Waals surface area contributed by atoms with E-state index >= 15 is 0 Å². The Balaban J connectivity index is 1.40. The van der Waals surface area contributed by atoms with E-state index in [1.54, 1.807) is 0 Å². The summed E-state index contributed by atoms with van der Waals surface area (Å²) in [5.41, 5.74) is 1.39. The molecule has 1 aliphatic heterocycles. The molecule has 1 amide bonds. The maximum Gasteiger partial charge on any atom is 0.219 e. The Kier molecular flexibility index (Phi) is 8.88. The summed E-state index contributed by atoms with van der Waals surface area (Å²) in [6.07, 6.45) is 8.87. The van der Waals surface area contributed by atoms with E-state index in [4.69, 9.17) is 0 Å². The van der Waals surface area contributed by atoms with Crippen molar-refractivity contribution in [3.63, 3.8) is 0 Å². The molecule has 1 saturated heterocycles. The van der Waals surface area contributed by atoms with Crippen molar-refractivity contribution in [3.05, 3.63) is 35.9 Å². The number of rotatable bonds is 10. The zero-order valence-electron chi connectivity index (χ0n) is 13.3. The molecular weight excluding hydrogens is 310 g/mol. The molecule has 1 heterocycles. The summed E-state index contributed by atoms with van der Waals surface area (Å²) in [7, 11) is 4.03. The van der Waals surface area contributed by atoms with E-state index in [9.17, 15) is 4.79 Å². The van der Waals surface area contributed by atoms with Gasteiger partial charge in [-0.05, 0) is 44.1 Å². The molecule has 0 spiro atoms. The van der Waals surface area contributed by atoms with Crippen LogP contribution in [0.25, 0.3) is 0 Å². The Hall–Kier alpha value is -0.610. The van der Waals surface area contributed by atoms with Crippen molar-refractivity contribution < 1.29 is 4.79 Å². The average Bonchev–Trinajstić information content (AvgIpc) is 3.06. The van der Waals surface area contributed by atoms with E-state index in [-0.39, 0.29) is 5.91 Å². The second-order valence-electron chi connectivity index (χ2n) is 5.87. The van der Waals surface area contributed by atoms with Crippen molar-refractivity contribution in [2.75, 3.05) is 12.3 Å².